The van der Waals surface area contributed by atoms with Crippen molar-refractivity contribution in [2.24, 2.45) is 0 Å². The molecule has 0 unspecified atom stereocenters. The second kappa shape index (κ2) is 10.2. The van der Waals surface area contributed by atoms with Crippen LogP contribution in [-0.4, -0.2) is 31.8 Å². The first-order valence-electron chi connectivity index (χ1n) is 6.54. The Hall–Kier alpha value is -0.930. The van der Waals surface area contributed by atoms with Gasteiger partial charge in [-0.15, -0.1) is 0 Å². The van der Waals surface area contributed by atoms with Crippen LogP contribution in [-0.2, 0) is 11.2 Å². The van der Waals surface area contributed by atoms with E-state index in [1.54, 1.807) is 0 Å². The normalized spacial score (nSPS) is 10.6. The van der Waals surface area contributed by atoms with Crippen LogP contribution in [0.25, 0.3) is 0 Å². The first kappa shape index (κ1) is 14.1. The van der Waals surface area contributed by atoms with E-state index < -0.39 is 0 Å². The molecule has 0 radical (unpaired) electrons. The topological polar surface area (TPSA) is 34.1 Å². The van der Waals surface area contributed by atoms with Crippen molar-refractivity contribution >= 4 is 0 Å². The number of rotatable bonds is 10. The van der Waals surface area contributed by atoms with E-state index in [9.17, 15) is 0 Å². The van der Waals surface area contributed by atoms with Crippen molar-refractivity contribution in [3.05, 3.63) is 30.1 Å². The molecule has 0 aliphatic heterocycles. The van der Waals surface area contributed by atoms with E-state index in [-0.39, 0.29) is 0 Å². The molecule has 3 nitrogen and oxygen atoms in total. The molecule has 0 bridgehead atoms. The molecular formula is C14H24N2O. The predicted octanol–water partition coefficient (Wildman–Crippen LogP) is 2.42. The van der Waals surface area contributed by atoms with Gasteiger partial charge in [-0.3, -0.25) is 4.98 Å². The van der Waals surface area contributed by atoms with E-state index in [0.29, 0.717) is 0 Å². The highest BCUT2D eigenvalue weighted by Crippen LogP contribution is 2.01. The molecular weight excluding hydrogens is 212 g/mol. The third-order valence-corrected chi connectivity index (χ3v) is 2.72. The Kier molecular flexibility index (Phi) is 8.51. The number of pyridine rings is 1. The van der Waals surface area contributed by atoms with Gasteiger partial charge in [-0.25, -0.2) is 0 Å². The lowest BCUT2D eigenvalue weighted by Gasteiger charge is -2.04. The molecule has 1 aromatic heterocycles. The number of hydrogen-bond acceptors (Lipinski definition) is 3. The number of nitrogens with one attached hydrogen (secondary N) is 1. The van der Waals surface area contributed by atoms with Crippen LogP contribution in [0.15, 0.2) is 24.5 Å². The van der Waals surface area contributed by atoms with Gasteiger partial charge in [0.25, 0.3) is 0 Å². The van der Waals surface area contributed by atoms with E-state index in [4.69, 9.17) is 4.74 Å². The largest absolute Gasteiger partial charge is 0.381 e. The predicted molar refractivity (Wildman–Crippen MR) is 71.2 cm³/mol. The van der Waals surface area contributed by atoms with Crippen LogP contribution in [0, 0.1) is 0 Å². The van der Waals surface area contributed by atoms with Crippen LogP contribution in [0.1, 0.15) is 31.2 Å². The summed E-state index contributed by atoms with van der Waals surface area (Å²) in [6.07, 6.45) is 9.55. The molecule has 1 aromatic rings. The highest BCUT2D eigenvalue weighted by Gasteiger charge is 1.93. The fourth-order valence-electron chi connectivity index (χ4n) is 1.71. The molecule has 0 aliphatic carbocycles. The fraction of sp³-hybridized carbons (Fsp3) is 0.643. The van der Waals surface area contributed by atoms with E-state index in [1.165, 1.54) is 24.8 Å². The lowest BCUT2D eigenvalue weighted by atomic mass is 10.1. The maximum absolute atomic E-state index is 5.60. The highest BCUT2D eigenvalue weighted by atomic mass is 16.5. The Morgan fingerprint density at radius 2 is 1.82 bits per heavy atom. The van der Waals surface area contributed by atoms with Crippen LogP contribution in [0.2, 0.25) is 0 Å². The van der Waals surface area contributed by atoms with Gasteiger partial charge < -0.3 is 10.1 Å². The lowest BCUT2D eigenvalue weighted by Crippen LogP contribution is -2.07. The zero-order valence-corrected chi connectivity index (χ0v) is 10.8. The minimum Gasteiger partial charge on any atom is -0.381 e. The summed E-state index contributed by atoms with van der Waals surface area (Å²) in [5.74, 6) is 0. The fourth-order valence-corrected chi connectivity index (χ4v) is 1.71. The van der Waals surface area contributed by atoms with Gasteiger partial charge >= 0.3 is 0 Å². The summed E-state index contributed by atoms with van der Waals surface area (Å²) in [6, 6.07) is 4.13. The van der Waals surface area contributed by atoms with E-state index >= 15 is 0 Å². The van der Waals surface area contributed by atoms with Gasteiger partial charge in [0.05, 0.1) is 0 Å². The van der Waals surface area contributed by atoms with Crippen LogP contribution in [0.4, 0.5) is 0 Å². The first-order valence-corrected chi connectivity index (χ1v) is 6.54. The molecule has 0 spiro atoms. The Morgan fingerprint density at radius 1 is 1.06 bits per heavy atom. The minimum absolute atomic E-state index is 0.869. The highest BCUT2D eigenvalue weighted by molar-refractivity contribution is 5.09. The summed E-state index contributed by atoms with van der Waals surface area (Å²) < 4.78 is 5.60. The molecule has 0 atom stereocenters. The number of ether oxygens (including phenoxy) is 1. The maximum atomic E-state index is 5.60. The summed E-state index contributed by atoms with van der Waals surface area (Å²) in [4.78, 5) is 4.00. The van der Waals surface area contributed by atoms with Crippen molar-refractivity contribution in [2.45, 2.75) is 32.1 Å². The molecule has 0 amide bonds. The molecule has 1 N–H and O–H groups in total. The van der Waals surface area contributed by atoms with Gasteiger partial charge in [0.2, 0.25) is 0 Å². The second-order valence-corrected chi connectivity index (χ2v) is 4.24. The van der Waals surface area contributed by atoms with Crippen molar-refractivity contribution in [3.63, 3.8) is 0 Å². The molecule has 1 heterocycles. The Morgan fingerprint density at radius 3 is 2.59 bits per heavy atom. The number of aryl methyl sites for hydroxylation is 1. The lowest BCUT2D eigenvalue weighted by molar-refractivity contribution is 0.128. The zero-order chi connectivity index (χ0) is 12.2. The molecule has 0 fully saturated rings. The number of hydrogen-bond donors (Lipinski definition) is 1. The van der Waals surface area contributed by atoms with Gasteiger partial charge in [-0.2, -0.15) is 0 Å². The van der Waals surface area contributed by atoms with E-state index in [0.717, 1.165) is 32.6 Å². The quantitative estimate of drug-likeness (QED) is 0.634. The third-order valence-electron chi connectivity index (χ3n) is 2.72. The van der Waals surface area contributed by atoms with Crippen molar-refractivity contribution in [1.29, 1.82) is 0 Å². The van der Waals surface area contributed by atoms with Gasteiger partial charge in [0.15, 0.2) is 0 Å². The van der Waals surface area contributed by atoms with Crippen molar-refractivity contribution in [2.75, 3.05) is 26.8 Å². The average Bonchev–Trinajstić information content (AvgIpc) is 2.38. The van der Waals surface area contributed by atoms with Crippen molar-refractivity contribution in [3.8, 4) is 0 Å². The van der Waals surface area contributed by atoms with Gasteiger partial charge in [0.1, 0.15) is 0 Å². The van der Waals surface area contributed by atoms with Gasteiger partial charge in [-0.1, -0.05) is 0 Å². The molecule has 3 heteroatoms. The van der Waals surface area contributed by atoms with Crippen LogP contribution in [0.3, 0.4) is 0 Å². The third kappa shape index (κ3) is 7.88. The zero-order valence-electron chi connectivity index (χ0n) is 10.8. The molecule has 1 rings (SSSR count). The molecule has 0 saturated carbocycles. The molecule has 96 valence electrons. The number of aromatic nitrogens is 1. The number of unbranched alkanes of at least 4 members (excludes halogenated alkanes) is 2. The summed E-state index contributed by atoms with van der Waals surface area (Å²) in [5.41, 5.74) is 1.35. The molecule has 0 saturated heterocycles. The van der Waals surface area contributed by atoms with Crippen LogP contribution in [0.5, 0.6) is 0 Å². The van der Waals surface area contributed by atoms with Crippen LogP contribution < -0.4 is 5.32 Å². The summed E-state index contributed by atoms with van der Waals surface area (Å²) >= 11 is 0. The smallest absolute Gasteiger partial charge is 0.0469 e. The Balaban J connectivity index is 1.85. The standard InChI is InChI=1S/C14H24N2O/c1-15-9-3-2-4-12-17-13-5-6-14-7-10-16-11-8-14/h7-8,10-11,15H,2-6,9,12-13H2,1H3. The minimum atomic E-state index is 0.869. The SMILES string of the molecule is CNCCCCCOCCCc1ccncc1. The van der Waals surface area contributed by atoms with Crippen LogP contribution >= 0.6 is 0 Å². The average molecular weight is 236 g/mol. The first-order chi connectivity index (χ1) is 8.43. The monoisotopic (exact) mass is 236 g/mol. The van der Waals surface area contributed by atoms with Gasteiger partial charge in [-0.05, 0) is 63.4 Å². The summed E-state index contributed by atoms with van der Waals surface area (Å²) in [6.45, 7) is 2.89. The van der Waals surface area contributed by atoms with Gasteiger partial charge in [0, 0.05) is 25.6 Å². The van der Waals surface area contributed by atoms with Crippen molar-refractivity contribution in [1.82, 2.24) is 10.3 Å². The van der Waals surface area contributed by atoms with E-state index in [2.05, 4.69) is 22.4 Å². The van der Waals surface area contributed by atoms with Crippen molar-refractivity contribution < 1.29 is 4.74 Å². The molecule has 0 aromatic carbocycles. The summed E-state index contributed by atoms with van der Waals surface area (Å²) in [5, 5.41) is 3.15. The van der Waals surface area contributed by atoms with E-state index in [1.807, 2.05) is 19.4 Å². The molecule has 17 heavy (non-hydrogen) atoms. The summed E-state index contributed by atoms with van der Waals surface area (Å²) in [7, 11) is 2.00. The molecule has 0 aliphatic rings. The second-order valence-electron chi connectivity index (χ2n) is 4.24. The maximum Gasteiger partial charge on any atom is 0.0469 e. The Labute approximate surface area is 105 Å². The number of nitrogens with zero attached hydrogens (tertiary/aromatic N) is 1. The Bertz CT molecular complexity index is 264.